The summed E-state index contributed by atoms with van der Waals surface area (Å²) in [4.78, 5) is 12.3. The number of aryl methyl sites for hydroxylation is 1. The maximum absolute atomic E-state index is 12.3. The van der Waals surface area contributed by atoms with Gasteiger partial charge in [0.05, 0.1) is 11.6 Å². The molecule has 2 aromatic rings. The minimum atomic E-state index is -0.172. The fraction of sp³-hybridized carbons (Fsp3) is 0.316. The quantitative estimate of drug-likeness (QED) is 0.877. The lowest BCUT2D eigenvalue weighted by Crippen LogP contribution is -2.43. The van der Waals surface area contributed by atoms with Gasteiger partial charge in [-0.2, -0.15) is 0 Å². The summed E-state index contributed by atoms with van der Waals surface area (Å²) in [5.74, 6) is 0. The molecule has 2 aromatic carbocycles. The van der Waals surface area contributed by atoms with E-state index in [9.17, 15) is 4.79 Å². The lowest BCUT2D eigenvalue weighted by molar-refractivity contribution is 0.232. The van der Waals surface area contributed by atoms with Gasteiger partial charge in [0.15, 0.2) is 0 Å². The average Bonchev–Trinajstić information content (AvgIpc) is 3.29. The van der Waals surface area contributed by atoms with E-state index >= 15 is 0 Å². The second kappa shape index (κ2) is 5.84. The third kappa shape index (κ3) is 3.14. The Morgan fingerprint density at radius 1 is 1.05 bits per heavy atom. The van der Waals surface area contributed by atoms with Crippen LogP contribution in [0.3, 0.4) is 0 Å². The van der Waals surface area contributed by atoms with Gasteiger partial charge in [-0.3, -0.25) is 0 Å². The summed E-state index contributed by atoms with van der Waals surface area (Å²) < 4.78 is 0. The van der Waals surface area contributed by atoms with Gasteiger partial charge in [0, 0.05) is 0 Å². The molecule has 1 saturated carbocycles. The molecule has 2 amide bonds. The van der Waals surface area contributed by atoms with Crippen LogP contribution in [0.25, 0.3) is 0 Å². The Labute approximate surface area is 131 Å². The second-order valence-electron chi connectivity index (χ2n) is 6.18. The number of carbonyl (C=O) groups is 1. The minimum Gasteiger partial charge on any atom is -0.332 e. The van der Waals surface area contributed by atoms with E-state index in [1.165, 1.54) is 11.1 Å². The molecule has 1 atom stereocenters. The Morgan fingerprint density at radius 2 is 1.68 bits per heavy atom. The molecule has 0 bridgehead atoms. The number of hydrogen-bond acceptors (Lipinski definition) is 1. The van der Waals surface area contributed by atoms with Crippen molar-refractivity contribution in [3.8, 4) is 0 Å². The molecule has 3 rings (SSSR count). The monoisotopic (exact) mass is 294 g/mol. The lowest BCUT2D eigenvalue weighted by Gasteiger charge is -2.21. The van der Waals surface area contributed by atoms with Crippen molar-refractivity contribution in [1.29, 1.82) is 0 Å². The Balaban J connectivity index is 1.63. The predicted octanol–water partition coefficient (Wildman–Crippen LogP) is 4.04. The van der Waals surface area contributed by atoms with Gasteiger partial charge in [-0.25, -0.2) is 4.79 Å². The first kappa shape index (κ1) is 14.6. The van der Waals surface area contributed by atoms with Crippen molar-refractivity contribution in [3.05, 3.63) is 71.3 Å². The highest BCUT2D eigenvalue weighted by Gasteiger charge is 2.45. The molecule has 1 unspecified atom stereocenters. The van der Waals surface area contributed by atoms with Crippen molar-refractivity contribution in [2.45, 2.75) is 38.3 Å². The summed E-state index contributed by atoms with van der Waals surface area (Å²) >= 11 is 0. The van der Waals surface area contributed by atoms with Crippen LogP contribution in [0, 0.1) is 6.92 Å². The van der Waals surface area contributed by atoms with Crippen LogP contribution in [0.2, 0.25) is 0 Å². The molecule has 22 heavy (non-hydrogen) atoms. The Kier molecular flexibility index (Phi) is 3.88. The van der Waals surface area contributed by atoms with Crippen molar-refractivity contribution >= 4 is 6.03 Å². The van der Waals surface area contributed by atoms with Crippen molar-refractivity contribution < 1.29 is 4.79 Å². The summed E-state index contributed by atoms with van der Waals surface area (Å²) in [7, 11) is 0. The van der Waals surface area contributed by atoms with Crippen molar-refractivity contribution in [2.24, 2.45) is 0 Å². The maximum Gasteiger partial charge on any atom is 0.315 e. The Hall–Kier alpha value is -2.29. The fourth-order valence-corrected chi connectivity index (χ4v) is 2.76. The van der Waals surface area contributed by atoms with Gasteiger partial charge in [-0.15, -0.1) is 0 Å². The molecule has 3 nitrogen and oxygen atoms in total. The highest BCUT2D eigenvalue weighted by Crippen LogP contribution is 2.45. The Bertz CT molecular complexity index is 645. The zero-order chi connectivity index (χ0) is 15.6. The summed E-state index contributed by atoms with van der Waals surface area (Å²) in [5, 5.41) is 6.18. The first-order chi connectivity index (χ1) is 10.6. The highest BCUT2D eigenvalue weighted by atomic mass is 16.2. The molecule has 0 heterocycles. The van der Waals surface area contributed by atoms with E-state index in [1.54, 1.807) is 0 Å². The van der Waals surface area contributed by atoms with Crippen molar-refractivity contribution in [1.82, 2.24) is 10.6 Å². The van der Waals surface area contributed by atoms with Crippen molar-refractivity contribution in [3.63, 3.8) is 0 Å². The normalized spacial score (nSPS) is 16.6. The number of hydrogen-bond donors (Lipinski definition) is 2. The molecule has 1 fully saturated rings. The number of carbonyl (C=O) groups excluding carboxylic acids is 1. The van der Waals surface area contributed by atoms with Gasteiger partial charge in [-0.05, 0) is 37.8 Å². The smallest absolute Gasteiger partial charge is 0.315 e. The van der Waals surface area contributed by atoms with Crippen LogP contribution >= 0.6 is 0 Å². The van der Waals surface area contributed by atoms with Crippen LogP contribution in [0.5, 0.6) is 0 Å². The van der Waals surface area contributed by atoms with Crippen molar-refractivity contribution in [2.75, 3.05) is 0 Å². The fourth-order valence-electron chi connectivity index (χ4n) is 2.76. The number of amides is 2. The minimum absolute atomic E-state index is 0.00461. The topological polar surface area (TPSA) is 41.1 Å². The lowest BCUT2D eigenvalue weighted by atomic mass is 10.0. The molecular formula is C19H22N2O. The summed E-state index contributed by atoms with van der Waals surface area (Å²) in [6, 6.07) is 18.3. The molecule has 2 N–H and O–H groups in total. The van der Waals surface area contributed by atoms with E-state index in [-0.39, 0.29) is 17.6 Å². The van der Waals surface area contributed by atoms with Crippen LogP contribution in [0.1, 0.15) is 42.5 Å². The number of nitrogens with one attached hydrogen (secondary N) is 2. The van der Waals surface area contributed by atoms with Gasteiger partial charge in [-0.1, -0.05) is 60.2 Å². The molecule has 1 aliphatic carbocycles. The number of urea groups is 1. The van der Waals surface area contributed by atoms with E-state index < -0.39 is 0 Å². The van der Waals surface area contributed by atoms with Gasteiger partial charge in [0.1, 0.15) is 0 Å². The second-order valence-corrected chi connectivity index (χ2v) is 6.18. The molecule has 0 spiro atoms. The summed E-state index contributed by atoms with van der Waals surface area (Å²) in [5.41, 5.74) is 3.37. The third-order valence-electron chi connectivity index (χ3n) is 4.35. The number of rotatable bonds is 4. The molecular weight excluding hydrogens is 272 g/mol. The van der Waals surface area contributed by atoms with Gasteiger partial charge >= 0.3 is 6.03 Å². The molecule has 0 radical (unpaired) electrons. The van der Waals surface area contributed by atoms with Crippen LogP contribution < -0.4 is 10.6 Å². The van der Waals surface area contributed by atoms with E-state index in [1.807, 2.05) is 37.3 Å². The summed E-state index contributed by atoms with van der Waals surface area (Å²) in [6.07, 6.45) is 2.01. The molecule has 3 heteroatoms. The molecule has 1 aliphatic rings. The van der Waals surface area contributed by atoms with Gasteiger partial charge < -0.3 is 10.6 Å². The third-order valence-corrected chi connectivity index (χ3v) is 4.35. The van der Waals surface area contributed by atoms with Crippen LogP contribution in [-0.2, 0) is 5.54 Å². The summed E-state index contributed by atoms with van der Waals surface area (Å²) in [6.45, 7) is 4.07. The van der Waals surface area contributed by atoms with Gasteiger partial charge in [0.25, 0.3) is 0 Å². The zero-order valence-corrected chi connectivity index (χ0v) is 13.1. The highest BCUT2D eigenvalue weighted by molar-refractivity contribution is 5.76. The average molecular weight is 294 g/mol. The zero-order valence-electron chi connectivity index (χ0n) is 13.1. The van der Waals surface area contributed by atoms with E-state index in [4.69, 9.17) is 0 Å². The number of benzene rings is 2. The van der Waals surface area contributed by atoms with E-state index in [0.29, 0.717) is 0 Å². The van der Waals surface area contributed by atoms with Crippen LogP contribution in [0.4, 0.5) is 4.79 Å². The van der Waals surface area contributed by atoms with E-state index in [0.717, 1.165) is 18.4 Å². The largest absolute Gasteiger partial charge is 0.332 e. The molecule has 0 aromatic heterocycles. The first-order valence-corrected chi connectivity index (χ1v) is 7.80. The first-order valence-electron chi connectivity index (χ1n) is 7.80. The van der Waals surface area contributed by atoms with Gasteiger partial charge in [0.2, 0.25) is 0 Å². The molecule has 0 saturated heterocycles. The molecule has 114 valence electrons. The predicted molar refractivity (Wildman–Crippen MR) is 88.6 cm³/mol. The molecule has 0 aliphatic heterocycles. The van der Waals surface area contributed by atoms with E-state index in [2.05, 4.69) is 41.8 Å². The standard InChI is InChI=1S/C19H22N2O/c1-14-8-10-17(11-9-14)19(12-13-19)21-18(22)20-15(2)16-6-4-3-5-7-16/h3-11,15H,12-13H2,1-2H3,(H2,20,21,22). The SMILES string of the molecule is Cc1ccc(C2(NC(=O)NC(C)c3ccccc3)CC2)cc1. The maximum atomic E-state index is 12.3. The Morgan fingerprint density at radius 3 is 2.27 bits per heavy atom. The van der Waals surface area contributed by atoms with Crippen LogP contribution in [-0.4, -0.2) is 6.03 Å². The van der Waals surface area contributed by atoms with Crippen LogP contribution in [0.15, 0.2) is 54.6 Å².